The average Bonchev–Trinajstić information content (AvgIpc) is 3.02. The van der Waals surface area contributed by atoms with Crippen LogP contribution < -0.4 is 10.6 Å². The lowest BCUT2D eigenvalue weighted by Crippen LogP contribution is -2.34. The van der Waals surface area contributed by atoms with Gasteiger partial charge in [-0.25, -0.2) is 13.8 Å². The van der Waals surface area contributed by atoms with Gasteiger partial charge in [-0.2, -0.15) is 0 Å². The Kier molecular flexibility index (Phi) is 6.93. The summed E-state index contributed by atoms with van der Waals surface area (Å²) in [5.74, 6) is -2.78. The van der Waals surface area contributed by atoms with Crippen LogP contribution >= 0.6 is 11.8 Å². The first-order chi connectivity index (χ1) is 12.0. The first-order valence-corrected chi connectivity index (χ1v) is 8.63. The van der Waals surface area contributed by atoms with E-state index >= 15 is 0 Å². The smallest absolute Gasteiger partial charge is 0.243 e. The quantitative estimate of drug-likeness (QED) is 0.702. The highest BCUT2D eigenvalue weighted by atomic mass is 32.2. The molecule has 0 aliphatic rings. The van der Waals surface area contributed by atoms with E-state index in [0.717, 1.165) is 30.3 Å². The molecule has 0 radical (unpaired) electrons. The third kappa shape index (κ3) is 5.86. The van der Waals surface area contributed by atoms with E-state index < -0.39 is 17.5 Å². The van der Waals surface area contributed by atoms with Gasteiger partial charge in [-0.15, -0.1) is 0 Å². The summed E-state index contributed by atoms with van der Waals surface area (Å²) < 4.78 is 27.8. The van der Waals surface area contributed by atoms with Crippen molar-refractivity contribution < 1.29 is 18.4 Å². The summed E-state index contributed by atoms with van der Waals surface area (Å²) in [6.45, 7) is 2.61. The zero-order chi connectivity index (χ0) is 18.2. The fraction of sp³-hybridized carbons (Fsp3) is 0.312. The molecule has 1 aromatic heterocycles. The highest BCUT2D eigenvalue weighted by Gasteiger charge is 2.10. The Bertz CT molecular complexity index is 751. The van der Waals surface area contributed by atoms with E-state index in [0.29, 0.717) is 0 Å². The molecule has 0 aliphatic carbocycles. The van der Waals surface area contributed by atoms with Crippen LogP contribution in [0.4, 0.5) is 14.5 Å². The average molecular weight is 368 g/mol. The van der Waals surface area contributed by atoms with E-state index in [9.17, 15) is 18.4 Å². The van der Waals surface area contributed by atoms with Crippen molar-refractivity contribution in [1.29, 1.82) is 0 Å². The number of rotatable bonds is 8. The number of halogens is 2. The van der Waals surface area contributed by atoms with Crippen molar-refractivity contribution in [3.8, 4) is 0 Å². The van der Waals surface area contributed by atoms with Gasteiger partial charge in [-0.1, -0.05) is 18.7 Å². The monoisotopic (exact) mass is 368 g/mol. The minimum absolute atomic E-state index is 0.120. The molecule has 0 bridgehead atoms. The molecule has 2 amide bonds. The molecular formula is C16H18F2N4O2S. The molecule has 2 N–H and O–H groups in total. The Morgan fingerprint density at radius 1 is 1.24 bits per heavy atom. The van der Waals surface area contributed by atoms with Crippen LogP contribution in [0.3, 0.4) is 0 Å². The lowest BCUT2D eigenvalue weighted by Gasteiger charge is -2.08. The molecular weight excluding hydrogens is 350 g/mol. The van der Waals surface area contributed by atoms with Crippen LogP contribution in [0.15, 0.2) is 35.7 Å². The number of carbonyl (C=O) groups excluding carboxylic acids is 2. The molecule has 25 heavy (non-hydrogen) atoms. The molecule has 0 unspecified atom stereocenters. The maximum absolute atomic E-state index is 13.1. The zero-order valence-corrected chi connectivity index (χ0v) is 14.4. The second kappa shape index (κ2) is 9.16. The van der Waals surface area contributed by atoms with Gasteiger partial charge in [0.1, 0.15) is 0 Å². The van der Waals surface area contributed by atoms with Crippen LogP contribution in [-0.4, -0.2) is 33.7 Å². The number of anilines is 1. The molecule has 0 saturated carbocycles. The molecule has 134 valence electrons. The van der Waals surface area contributed by atoms with Crippen molar-refractivity contribution in [3.63, 3.8) is 0 Å². The second-order valence-corrected chi connectivity index (χ2v) is 6.09. The third-order valence-electron chi connectivity index (χ3n) is 3.12. The third-order valence-corrected chi connectivity index (χ3v) is 4.13. The highest BCUT2D eigenvalue weighted by Crippen LogP contribution is 2.16. The highest BCUT2D eigenvalue weighted by molar-refractivity contribution is 7.99. The SMILES string of the molecule is CCCn1ccnc1SCC(=O)NCC(=O)Nc1ccc(F)c(F)c1. The largest absolute Gasteiger partial charge is 0.346 e. The van der Waals surface area contributed by atoms with E-state index in [1.165, 1.54) is 17.8 Å². The van der Waals surface area contributed by atoms with Gasteiger partial charge in [-0.05, 0) is 18.6 Å². The van der Waals surface area contributed by atoms with Crippen LogP contribution in [0.1, 0.15) is 13.3 Å². The minimum atomic E-state index is -1.05. The Balaban J connectivity index is 1.74. The van der Waals surface area contributed by atoms with E-state index in [1.54, 1.807) is 6.20 Å². The lowest BCUT2D eigenvalue weighted by molar-refractivity contribution is -0.122. The van der Waals surface area contributed by atoms with Crippen LogP contribution in [-0.2, 0) is 16.1 Å². The van der Waals surface area contributed by atoms with Gasteiger partial charge in [0.05, 0.1) is 12.3 Å². The first kappa shape index (κ1) is 18.9. The fourth-order valence-electron chi connectivity index (χ4n) is 1.99. The maximum atomic E-state index is 13.1. The fourth-order valence-corrected chi connectivity index (χ4v) is 2.80. The van der Waals surface area contributed by atoms with Crippen molar-refractivity contribution in [1.82, 2.24) is 14.9 Å². The zero-order valence-electron chi connectivity index (χ0n) is 13.6. The van der Waals surface area contributed by atoms with Crippen LogP contribution in [0.25, 0.3) is 0 Å². The van der Waals surface area contributed by atoms with Crippen molar-refractivity contribution >= 4 is 29.3 Å². The molecule has 2 rings (SSSR count). The summed E-state index contributed by atoms with van der Waals surface area (Å²) in [4.78, 5) is 27.7. The maximum Gasteiger partial charge on any atom is 0.243 e. The summed E-state index contributed by atoms with van der Waals surface area (Å²) >= 11 is 1.28. The summed E-state index contributed by atoms with van der Waals surface area (Å²) in [6, 6.07) is 3.03. The normalized spacial score (nSPS) is 10.5. The summed E-state index contributed by atoms with van der Waals surface area (Å²) in [5, 5.41) is 5.58. The molecule has 9 heteroatoms. The molecule has 6 nitrogen and oxygen atoms in total. The topological polar surface area (TPSA) is 76.0 Å². The predicted octanol–water partition coefficient (Wildman–Crippen LogP) is 2.42. The predicted molar refractivity (Wildman–Crippen MR) is 91.2 cm³/mol. The lowest BCUT2D eigenvalue weighted by atomic mass is 10.3. The molecule has 0 saturated heterocycles. The number of thioether (sulfide) groups is 1. The van der Waals surface area contributed by atoms with Gasteiger partial charge >= 0.3 is 0 Å². The number of imidazole rings is 1. The number of aromatic nitrogens is 2. The number of nitrogens with zero attached hydrogens (tertiary/aromatic N) is 2. The number of benzene rings is 1. The van der Waals surface area contributed by atoms with Gasteiger partial charge in [0.15, 0.2) is 16.8 Å². The molecule has 1 heterocycles. The number of hydrogen-bond donors (Lipinski definition) is 2. The summed E-state index contributed by atoms with van der Waals surface area (Å²) in [7, 11) is 0. The number of carbonyl (C=O) groups is 2. The van der Waals surface area contributed by atoms with Gasteiger partial charge < -0.3 is 15.2 Å². The molecule has 0 atom stereocenters. The van der Waals surface area contributed by atoms with Crippen LogP contribution in [0.2, 0.25) is 0 Å². The molecule has 0 spiro atoms. The minimum Gasteiger partial charge on any atom is -0.346 e. The number of aryl methyl sites for hydroxylation is 1. The van der Waals surface area contributed by atoms with E-state index in [2.05, 4.69) is 15.6 Å². The van der Waals surface area contributed by atoms with Crippen molar-refractivity contribution in [2.45, 2.75) is 25.0 Å². The van der Waals surface area contributed by atoms with Gasteiger partial charge in [0, 0.05) is 30.7 Å². The number of hydrogen-bond acceptors (Lipinski definition) is 4. The first-order valence-electron chi connectivity index (χ1n) is 7.65. The summed E-state index contributed by atoms with van der Waals surface area (Å²) in [5.41, 5.74) is 0.120. The van der Waals surface area contributed by atoms with Crippen molar-refractivity contribution in [3.05, 3.63) is 42.2 Å². The van der Waals surface area contributed by atoms with E-state index in [4.69, 9.17) is 0 Å². The summed E-state index contributed by atoms with van der Waals surface area (Å²) in [6.07, 6.45) is 4.48. The number of amides is 2. The molecule has 1 aromatic carbocycles. The molecule has 0 aliphatic heterocycles. The Morgan fingerprint density at radius 2 is 2.04 bits per heavy atom. The van der Waals surface area contributed by atoms with E-state index in [1.807, 2.05) is 17.7 Å². The Morgan fingerprint density at radius 3 is 2.76 bits per heavy atom. The Hall–Kier alpha value is -2.42. The van der Waals surface area contributed by atoms with Gasteiger partial charge in [0.25, 0.3) is 0 Å². The Labute approximate surface area is 148 Å². The second-order valence-electron chi connectivity index (χ2n) is 5.15. The van der Waals surface area contributed by atoms with Gasteiger partial charge in [0.2, 0.25) is 11.8 Å². The van der Waals surface area contributed by atoms with Crippen molar-refractivity contribution in [2.75, 3.05) is 17.6 Å². The van der Waals surface area contributed by atoms with E-state index in [-0.39, 0.29) is 23.9 Å². The van der Waals surface area contributed by atoms with Crippen LogP contribution in [0, 0.1) is 11.6 Å². The van der Waals surface area contributed by atoms with Gasteiger partial charge in [-0.3, -0.25) is 9.59 Å². The molecule has 0 fully saturated rings. The number of nitrogens with one attached hydrogen (secondary N) is 2. The van der Waals surface area contributed by atoms with Crippen LogP contribution in [0.5, 0.6) is 0 Å². The van der Waals surface area contributed by atoms with Crippen molar-refractivity contribution in [2.24, 2.45) is 0 Å². The molecule has 2 aromatic rings. The standard InChI is InChI=1S/C16H18F2N4O2S/c1-2-6-22-7-5-19-16(22)25-10-15(24)20-9-14(23)21-11-3-4-12(17)13(18)8-11/h3-5,7-8H,2,6,9-10H2,1H3,(H,20,24)(H,21,23).